The molecule has 6 nitrogen and oxygen atoms in total. The summed E-state index contributed by atoms with van der Waals surface area (Å²) in [6.07, 6.45) is 0.912. The standard InChI is InChI=1S/C13H18N4O2S/c1-8(7-10-6-5-9(2)20-10)14-11-15-12(18-3)17-13(16-11)19-4/h5-6,8H,7H2,1-4H3,(H,14,15,16,17). The topological polar surface area (TPSA) is 69.2 Å². The normalized spacial score (nSPS) is 12.0. The van der Waals surface area contributed by atoms with Crippen molar-refractivity contribution in [1.29, 1.82) is 0 Å². The maximum atomic E-state index is 5.02. The van der Waals surface area contributed by atoms with Crippen molar-refractivity contribution in [3.63, 3.8) is 0 Å². The van der Waals surface area contributed by atoms with Crippen LogP contribution in [0.5, 0.6) is 12.0 Å². The Morgan fingerprint density at radius 3 is 2.30 bits per heavy atom. The lowest BCUT2D eigenvalue weighted by Crippen LogP contribution is -2.19. The average molecular weight is 294 g/mol. The summed E-state index contributed by atoms with van der Waals surface area (Å²) in [5.74, 6) is 0.453. The summed E-state index contributed by atoms with van der Waals surface area (Å²) in [4.78, 5) is 14.9. The molecule has 7 heteroatoms. The molecular formula is C13H18N4O2S. The first-order chi connectivity index (χ1) is 9.60. The third kappa shape index (κ3) is 3.80. The van der Waals surface area contributed by atoms with Gasteiger partial charge in [-0.15, -0.1) is 16.3 Å². The molecule has 0 amide bonds. The molecule has 1 atom stereocenters. The highest BCUT2D eigenvalue weighted by atomic mass is 32.1. The van der Waals surface area contributed by atoms with Crippen LogP contribution in [0.15, 0.2) is 12.1 Å². The molecule has 0 aliphatic heterocycles. The molecule has 108 valence electrons. The smallest absolute Gasteiger partial charge is 0.324 e. The van der Waals surface area contributed by atoms with E-state index in [-0.39, 0.29) is 18.1 Å². The van der Waals surface area contributed by atoms with Gasteiger partial charge in [0.25, 0.3) is 0 Å². The van der Waals surface area contributed by atoms with Crippen LogP contribution in [0.1, 0.15) is 16.7 Å². The van der Waals surface area contributed by atoms with E-state index >= 15 is 0 Å². The minimum atomic E-state index is 0.199. The molecule has 0 saturated heterocycles. The fourth-order valence-corrected chi connectivity index (χ4v) is 2.77. The number of aryl methyl sites for hydroxylation is 1. The van der Waals surface area contributed by atoms with Gasteiger partial charge in [0.1, 0.15) is 0 Å². The second kappa shape index (κ2) is 6.51. The molecule has 20 heavy (non-hydrogen) atoms. The summed E-state index contributed by atoms with van der Waals surface area (Å²) in [6.45, 7) is 4.19. The number of methoxy groups -OCH3 is 2. The summed E-state index contributed by atoms with van der Waals surface area (Å²) in [5.41, 5.74) is 0. The van der Waals surface area contributed by atoms with Crippen molar-refractivity contribution in [3.05, 3.63) is 21.9 Å². The van der Waals surface area contributed by atoms with E-state index in [1.165, 1.54) is 24.0 Å². The van der Waals surface area contributed by atoms with Crippen LogP contribution >= 0.6 is 11.3 Å². The number of rotatable bonds is 6. The molecular weight excluding hydrogens is 276 g/mol. The van der Waals surface area contributed by atoms with Gasteiger partial charge in [0.2, 0.25) is 5.95 Å². The largest absolute Gasteiger partial charge is 0.467 e. The number of hydrogen-bond donors (Lipinski definition) is 1. The molecule has 0 aromatic carbocycles. The predicted molar refractivity (Wildman–Crippen MR) is 78.8 cm³/mol. The molecule has 2 aromatic heterocycles. The van der Waals surface area contributed by atoms with Gasteiger partial charge in [-0.1, -0.05) is 0 Å². The molecule has 0 radical (unpaired) electrons. The van der Waals surface area contributed by atoms with Gasteiger partial charge in [0, 0.05) is 22.2 Å². The van der Waals surface area contributed by atoms with Crippen LogP contribution in [0.2, 0.25) is 0 Å². The molecule has 2 rings (SSSR count). The molecule has 1 N–H and O–H groups in total. The van der Waals surface area contributed by atoms with Gasteiger partial charge >= 0.3 is 12.0 Å². The SMILES string of the molecule is COc1nc(NC(C)Cc2ccc(C)s2)nc(OC)n1. The summed E-state index contributed by atoms with van der Waals surface area (Å²) in [6, 6.07) is 4.94. The number of anilines is 1. The molecule has 0 aliphatic carbocycles. The lowest BCUT2D eigenvalue weighted by atomic mass is 10.2. The van der Waals surface area contributed by atoms with Gasteiger partial charge in [-0.2, -0.15) is 9.97 Å². The quantitative estimate of drug-likeness (QED) is 0.881. The first-order valence-corrected chi connectivity index (χ1v) is 7.08. The summed E-state index contributed by atoms with van der Waals surface area (Å²) < 4.78 is 10.0. The Kier molecular flexibility index (Phi) is 4.73. The van der Waals surface area contributed by atoms with Crippen LogP contribution in [0.3, 0.4) is 0 Å². The van der Waals surface area contributed by atoms with Crippen molar-refractivity contribution >= 4 is 17.3 Å². The lowest BCUT2D eigenvalue weighted by molar-refractivity contribution is 0.341. The van der Waals surface area contributed by atoms with Crippen LogP contribution in [0, 0.1) is 6.92 Å². The third-order valence-corrected chi connectivity index (χ3v) is 3.66. The van der Waals surface area contributed by atoms with Crippen LogP contribution < -0.4 is 14.8 Å². The Hall–Kier alpha value is -1.89. The van der Waals surface area contributed by atoms with E-state index < -0.39 is 0 Å². The van der Waals surface area contributed by atoms with E-state index in [0.717, 1.165) is 6.42 Å². The van der Waals surface area contributed by atoms with Gasteiger partial charge < -0.3 is 14.8 Å². The molecule has 0 fully saturated rings. The first-order valence-electron chi connectivity index (χ1n) is 6.26. The zero-order chi connectivity index (χ0) is 14.5. The zero-order valence-electron chi connectivity index (χ0n) is 12.0. The Bertz CT molecular complexity index is 551. The average Bonchev–Trinajstić information content (AvgIpc) is 2.83. The Morgan fingerprint density at radius 2 is 1.80 bits per heavy atom. The molecule has 1 unspecified atom stereocenters. The monoisotopic (exact) mass is 294 g/mol. The van der Waals surface area contributed by atoms with Crippen LogP contribution in [0.25, 0.3) is 0 Å². The zero-order valence-corrected chi connectivity index (χ0v) is 12.8. The van der Waals surface area contributed by atoms with Crippen LogP contribution in [-0.4, -0.2) is 35.2 Å². The maximum Gasteiger partial charge on any atom is 0.324 e. The van der Waals surface area contributed by atoms with E-state index in [1.54, 1.807) is 11.3 Å². The van der Waals surface area contributed by atoms with Gasteiger partial charge in [-0.25, -0.2) is 0 Å². The van der Waals surface area contributed by atoms with Crippen molar-refractivity contribution in [2.24, 2.45) is 0 Å². The Labute approximate surface area is 122 Å². The highest BCUT2D eigenvalue weighted by Gasteiger charge is 2.11. The predicted octanol–water partition coefficient (Wildman–Crippen LogP) is 2.30. The minimum Gasteiger partial charge on any atom is -0.467 e. The van der Waals surface area contributed by atoms with Gasteiger partial charge in [-0.3, -0.25) is 0 Å². The third-order valence-electron chi connectivity index (χ3n) is 2.64. The Balaban J connectivity index is 2.04. The fraction of sp³-hybridized carbons (Fsp3) is 0.462. The van der Waals surface area contributed by atoms with E-state index in [4.69, 9.17) is 9.47 Å². The molecule has 0 bridgehead atoms. The van der Waals surface area contributed by atoms with Crippen molar-refractivity contribution in [1.82, 2.24) is 15.0 Å². The highest BCUT2D eigenvalue weighted by Crippen LogP contribution is 2.18. The minimum absolute atomic E-state index is 0.199. The van der Waals surface area contributed by atoms with E-state index in [1.807, 2.05) is 0 Å². The summed E-state index contributed by atoms with van der Waals surface area (Å²) in [7, 11) is 3.02. The van der Waals surface area contributed by atoms with E-state index in [2.05, 4.69) is 46.2 Å². The van der Waals surface area contributed by atoms with Gasteiger partial charge in [0.15, 0.2) is 0 Å². The number of ether oxygens (including phenoxy) is 2. The number of nitrogens with zero attached hydrogens (tertiary/aromatic N) is 3. The second-order valence-electron chi connectivity index (χ2n) is 4.39. The second-order valence-corrected chi connectivity index (χ2v) is 5.77. The van der Waals surface area contributed by atoms with Crippen LogP contribution in [0.4, 0.5) is 5.95 Å². The highest BCUT2D eigenvalue weighted by molar-refractivity contribution is 7.11. The van der Waals surface area contributed by atoms with Gasteiger partial charge in [-0.05, 0) is 26.0 Å². The summed E-state index contributed by atoms with van der Waals surface area (Å²) >= 11 is 1.80. The number of thiophene rings is 1. The lowest BCUT2D eigenvalue weighted by Gasteiger charge is -2.13. The Morgan fingerprint density at radius 1 is 1.15 bits per heavy atom. The molecule has 2 aromatic rings. The molecule has 2 heterocycles. The van der Waals surface area contributed by atoms with Crippen molar-refractivity contribution in [2.75, 3.05) is 19.5 Å². The van der Waals surface area contributed by atoms with E-state index in [9.17, 15) is 0 Å². The van der Waals surface area contributed by atoms with Crippen molar-refractivity contribution in [3.8, 4) is 12.0 Å². The van der Waals surface area contributed by atoms with E-state index in [0.29, 0.717) is 5.95 Å². The molecule has 0 saturated carbocycles. The van der Waals surface area contributed by atoms with Crippen molar-refractivity contribution in [2.45, 2.75) is 26.3 Å². The summed E-state index contributed by atoms with van der Waals surface area (Å²) in [5, 5.41) is 3.23. The number of hydrogen-bond acceptors (Lipinski definition) is 7. The maximum absolute atomic E-state index is 5.02. The van der Waals surface area contributed by atoms with Crippen molar-refractivity contribution < 1.29 is 9.47 Å². The van der Waals surface area contributed by atoms with Gasteiger partial charge in [0.05, 0.1) is 14.2 Å². The number of aromatic nitrogens is 3. The molecule has 0 aliphatic rings. The molecule has 0 spiro atoms. The fourth-order valence-electron chi connectivity index (χ4n) is 1.75. The first kappa shape index (κ1) is 14.5. The van der Waals surface area contributed by atoms with Crippen LogP contribution in [-0.2, 0) is 6.42 Å². The number of nitrogens with one attached hydrogen (secondary N) is 1.